The third-order valence-corrected chi connectivity index (χ3v) is 7.38. The average Bonchev–Trinajstić information content (AvgIpc) is 3.26. The van der Waals surface area contributed by atoms with E-state index in [0.717, 1.165) is 12.0 Å². The molecular formula is C27H31NO4S. The second-order valence-corrected chi connectivity index (χ2v) is 12.3. The van der Waals surface area contributed by atoms with Crippen molar-refractivity contribution < 1.29 is 18.3 Å². The molecule has 1 atom stereocenters. The summed E-state index contributed by atoms with van der Waals surface area (Å²) in [5.74, 6) is 0.202. The quantitative estimate of drug-likeness (QED) is 0.535. The maximum atomic E-state index is 13.2. The Labute approximate surface area is 197 Å². The predicted octanol–water partition coefficient (Wildman–Crippen LogP) is 6.30. The number of rotatable bonds is 4. The van der Waals surface area contributed by atoms with E-state index in [1.807, 2.05) is 53.7 Å². The van der Waals surface area contributed by atoms with Gasteiger partial charge < -0.3 is 9.84 Å². The Balaban J connectivity index is 2.08. The molecule has 0 bridgehead atoms. The van der Waals surface area contributed by atoms with E-state index in [1.165, 1.54) is 18.2 Å². The third-order valence-electron chi connectivity index (χ3n) is 5.70. The lowest BCUT2D eigenvalue weighted by Crippen LogP contribution is -2.17. The molecule has 0 aromatic heterocycles. The zero-order valence-corrected chi connectivity index (χ0v) is 20.8. The zero-order chi connectivity index (χ0) is 24.6. The molecule has 0 saturated carbocycles. The Kier molecular flexibility index (Phi) is 6.50. The van der Waals surface area contributed by atoms with Crippen molar-refractivity contribution in [1.82, 2.24) is 0 Å². The first-order valence-electron chi connectivity index (χ1n) is 10.9. The van der Waals surface area contributed by atoms with Crippen molar-refractivity contribution >= 4 is 15.9 Å². The summed E-state index contributed by atoms with van der Waals surface area (Å²) in [6.45, 7) is 11.9. The largest absolute Gasteiger partial charge is 0.507 e. The Morgan fingerprint density at radius 2 is 1.61 bits per heavy atom. The van der Waals surface area contributed by atoms with Gasteiger partial charge in [-0.1, -0.05) is 53.7 Å². The molecule has 0 amide bonds. The van der Waals surface area contributed by atoms with Crippen LogP contribution < -0.4 is 0 Å². The number of ether oxygens (including phenoxy) is 1. The van der Waals surface area contributed by atoms with Crippen LogP contribution in [-0.4, -0.2) is 13.5 Å². The van der Waals surface area contributed by atoms with Crippen LogP contribution in [0.1, 0.15) is 76.3 Å². The SMILES string of the molecule is CC(C)(C)c1cc(C=C(C#N)S(=O)(=O)c2ccc(C3CC=CO3)cc2)cc(C(C)(C)C)c1O. The highest BCUT2D eigenvalue weighted by Gasteiger charge is 2.27. The van der Waals surface area contributed by atoms with Crippen LogP contribution in [0, 0.1) is 11.3 Å². The maximum absolute atomic E-state index is 13.2. The summed E-state index contributed by atoms with van der Waals surface area (Å²) in [7, 11) is -4.02. The molecule has 0 saturated heterocycles. The molecule has 0 radical (unpaired) electrons. The summed E-state index contributed by atoms with van der Waals surface area (Å²) < 4.78 is 32.0. The van der Waals surface area contributed by atoms with Crippen molar-refractivity contribution in [3.05, 3.63) is 75.9 Å². The third kappa shape index (κ3) is 5.15. The second-order valence-electron chi connectivity index (χ2n) is 10.4. The minimum absolute atomic E-state index is 0.0517. The van der Waals surface area contributed by atoms with Crippen molar-refractivity contribution in [1.29, 1.82) is 5.26 Å². The number of nitriles is 1. The Morgan fingerprint density at radius 3 is 2.03 bits per heavy atom. The lowest BCUT2D eigenvalue weighted by molar-refractivity contribution is 0.173. The fourth-order valence-electron chi connectivity index (χ4n) is 3.79. The van der Waals surface area contributed by atoms with Crippen LogP contribution in [0.25, 0.3) is 6.08 Å². The zero-order valence-electron chi connectivity index (χ0n) is 20.0. The average molecular weight is 466 g/mol. The molecule has 0 aliphatic carbocycles. The molecule has 0 spiro atoms. The van der Waals surface area contributed by atoms with E-state index in [-0.39, 0.29) is 32.5 Å². The van der Waals surface area contributed by atoms with Crippen molar-refractivity contribution in [3.8, 4) is 11.8 Å². The number of hydrogen-bond donors (Lipinski definition) is 1. The van der Waals surface area contributed by atoms with Gasteiger partial charge in [-0.2, -0.15) is 5.26 Å². The monoisotopic (exact) mass is 465 g/mol. The van der Waals surface area contributed by atoms with E-state index in [1.54, 1.807) is 30.5 Å². The van der Waals surface area contributed by atoms with Crippen LogP contribution in [0.5, 0.6) is 5.75 Å². The lowest BCUT2D eigenvalue weighted by atomic mass is 9.78. The second kappa shape index (κ2) is 8.72. The molecule has 1 aliphatic heterocycles. The number of sulfone groups is 1. The standard InChI is InChI=1S/C27H31NO4S/c1-26(2,3)22-15-18(16-23(25(22)29)27(4,5)6)14-21(17-28)33(30,31)20-11-9-19(10-12-20)24-8-7-13-32-24/h7,9-16,24,29H,8H2,1-6H3. The molecule has 174 valence electrons. The number of hydrogen-bond acceptors (Lipinski definition) is 5. The van der Waals surface area contributed by atoms with Crippen LogP contribution in [0.2, 0.25) is 0 Å². The minimum atomic E-state index is -4.02. The van der Waals surface area contributed by atoms with Gasteiger partial charge in [-0.15, -0.1) is 0 Å². The first kappa shape index (κ1) is 24.6. The highest BCUT2D eigenvalue weighted by Crippen LogP contribution is 2.40. The van der Waals surface area contributed by atoms with Crippen LogP contribution in [0.15, 0.2) is 58.5 Å². The molecule has 3 rings (SSSR count). The Bertz CT molecular complexity index is 1210. The summed E-state index contributed by atoms with van der Waals surface area (Å²) in [4.78, 5) is -0.296. The summed E-state index contributed by atoms with van der Waals surface area (Å²) in [5.41, 5.74) is 2.10. The maximum Gasteiger partial charge on any atom is 0.216 e. The van der Waals surface area contributed by atoms with E-state index in [4.69, 9.17) is 4.74 Å². The molecule has 2 aromatic carbocycles. The van der Waals surface area contributed by atoms with Gasteiger partial charge in [-0.05, 0) is 58.4 Å². The van der Waals surface area contributed by atoms with Gasteiger partial charge in [-0.3, -0.25) is 0 Å². The molecule has 1 heterocycles. The molecule has 0 fully saturated rings. The van der Waals surface area contributed by atoms with Crippen LogP contribution in [0.4, 0.5) is 0 Å². The summed E-state index contributed by atoms with van der Waals surface area (Å²) in [6.07, 6.45) is 5.57. The molecule has 2 aromatic rings. The molecule has 1 aliphatic rings. The van der Waals surface area contributed by atoms with Gasteiger partial charge >= 0.3 is 0 Å². The van der Waals surface area contributed by atoms with Crippen molar-refractivity contribution in [3.63, 3.8) is 0 Å². The number of nitrogens with zero attached hydrogens (tertiary/aromatic N) is 1. The number of allylic oxidation sites excluding steroid dienone is 1. The Morgan fingerprint density at radius 1 is 1.06 bits per heavy atom. The summed E-state index contributed by atoms with van der Waals surface area (Å²) in [5, 5.41) is 20.7. The topological polar surface area (TPSA) is 87.4 Å². The minimum Gasteiger partial charge on any atom is -0.507 e. The smallest absolute Gasteiger partial charge is 0.216 e. The lowest BCUT2D eigenvalue weighted by Gasteiger charge is -2.28. The fourth-order valence-corrected chi connectivity index (χ4v) is 4.95. The molecule has 1 unspecified atom stereocenters. The fraction of sp³-hybridized carbons (Fsp3) is 0.370. The normalized spacial score (nSPS) is 17.0. The molecule has 6 heteroatoms. The van der Waals surface area contributed by atoms with Gasteiger partial charge in [0.25, 0.3) is 0 Å². The number of phenolic OH excluding ortho intramolecular Hbond substituents is 1. The van der Waals surface area contributed by atoms with E-state index >= 15 is 0 Å². The van der Waals surface area contributed by atoms with Gasteiger partial charge in [0.05, 0.1) is 11.2 Å². The Hall–Kier alpha value is -3.04. The predicted molar refractivity (Wildman–Crippen MR) is 130 cm³/mol. The van der Waals surface area contributed by atoms with Crippen LogP contribution in [0.3, 0.4) is 0 Å². The number of phenols is 1. The molecule has 33 heavy (non-hydrogen) atoms. The van der Waals surface area contributed by atoms with Gasteiger partial charge in [0.15, 0.2) is 0 Å². The number of aromatic hydroxyl groups is 1. The van der Waals surface area contributed by atoms with E-state index in [9.17, 15) is 18.8 Å². The van der Waals surface area contributed by atoms with Crippen molar-refractivity contribution in [2.45, 2.75) is 69.8 Å². The highest BCUT2D eigenvalue weighted by atomic mass is 32.2. The van der Waals surface area contributed by atoms with Gasteiger partial charge in [-0.25, -0.2) is 8.42 Å². The first-order chi connectivity index (χ1) is 15.2. The molecule has 1 N–H and O–H groups in total. The van der Waals surface area contributed by atoms with Gasteiger partial charge in [0.2, 0.25) is 9.84 Å². The summed E-state index contributed by atoms with van der Waals surface area (Å²) in [6, 6.07) is 11.8. The summed E-state index contributed by atoms with van der Waals surface area (Å²) >= 11 is 0. The highest BCUT2D eigenvalue weighted by molar-refractivity contribution is 7.95. The van der Waals surface area contributed by atoms with Crippen LogP contribution >= 0.6 is 0 Å². The van der Waals surface area contributed by atoms with E-state index < -0.39 is 9.84 Å². The van der Waals surface area contributed by atoms with Gasteiger partial charge in [0.1, 0.15) is 22.8 Å². The first-order valence-corrected chi connectivity index (χ1v) is 12.4. The number of benzene rings is 2. The molecular weight excluding hydrogens is 434 g/mol. The van der Waals surface area contributed by atoms with E-state index in [2.05, 4.69) is 0 Å². The van der Waals surface area contributed by atoms with Crippen molar-refractivity contribution in [2.24, 2.45) is 0 Å². The van der Waals surface area contributed by atoms with Crippen LogP contribution in [-0.2, 0) is 25.4 Å². The van der Waals surface area contributed by atoms with Gasteiger partial charge in [0, 0.05) is 17.5 Å². The van der Waals surface area contributed by atoms with Crippen molar-refractivity contribution in [2.75, 3.05) is 0 Å². The molecule has 5 nitrogen and oxygen atoms in total. The van der Waals surface area contributed by atoms with E-state index in [0.29, 0.717) is 16.7 Å².